The van der Waals surface area contributed by atoms with Gasteiger partial charge in [-0.3, -0.25) is 14.9 Å². The second-order valence-electron chi connectivity index (χ2n) is 4.70. The second-order valence-corrected chi connectivity index (χ2v) is 4.70. The van der Waals surface area contributed by atoms with Gasteiger partial charge in [-0.1, -0.05) is 13.0 Å². The third kappa shape index (κ3) is 3.11. The minimum atomic E-state index is -1.41. The highest BCUT2D eigenvalue weighted by atomic mass is 16.6. The largest absolute Gasteiger partial charge is 0.480 e. The molecule has 0 saturated heterocycles. The number of nitro benzene ring substituents is 1. The van der Waals surface area contributed by atoms with Crippen molar-refractivity contribution in [3.05, 3.63) is 39.4 Å². The maximum Gasteiger partial charge on any atom is 0.329 e. The fourth-order valence-corrected chi connectivity index (χ4v) is 1.56. The van der Waals surface area contributed by atoms with Crippen molar-refractivity contribution in [2.75, 3.05) is 0 Å². The van der Waals surface area contributed by atoms with Gasteiger partial charge in [0.15, 0.2) is 0 Å². The zero-order chi connectivity index (χ0) is 15.5. The fraction of sp³-hybridized carbons (Fsp3) is 0.385. The van der Waals surface area contributed by atoms with Crippen molar-refractivity contribution in [2.45, 2.75) is 32.7 Å². The molecule has 0 saturated carbocycles. The average molecular weight is 280 g/mol. The lowest BCUT2D eigenvalue weighted by Crippen LogP contribution is -2.51. The lowest BCUT2D eigenvalue weighted by molar-refractivity contribution is -0.385. The molecule has 7 nitrogen and oxygen atoms in total. The van der Waals surface area contributed by atoms with Crippen LogP contribution >= 0.6 is 0 Å². The molecule has 0 bridgehead atoms. The predicted octanol–water partition coefficient (Wildman–Crippen LogP) is 1.89. The Hall–Kier alpha value is -2.44. The molecule has 0 radical (unpaired) electrons. The van der Waals surface area contributed by atoms with E-state index in [9.17, 15) is 19.7 Å². The quantitative estimate of drug-likeness (QED) is 0.632. The van der Waals surface area contributed by atoms with Crippen molar-refractivity contribution >= 4 is 17.6 Å². The van der Waals surface area contributed by atoms with E-state index in [1.165, 1.54) is 19.1 Å². The van der Waals surface area contributed by atoms with Crippen LogP contribution in [-0.4, -0.2) is 27.4 Å². The molecule has 0 aliphatic rings. The molecule has 108 valence electrons. The molecule has 0 spiro atoms. The SMILES string of the molecule is CCC(C)(NC(=O)c1ccc(C)c([N+](=O)[O-])c1)C(=O)O. The smallest absolute Gasteiger partial charge is 0.329 e. The summed E-state index contributed by atoms with van der Waals surface area (Å²) >= 11 is 0. The summed E-state index contributed by atoms with van der Waals surface area (Å²) in [6.45, 7) is 4.58. The number of aryl methyl sites for hydroxylation is 1. The van der Waals surface area contributed by atoms with Crippen molar-refractivity contribution < 1.29 is 19.6 Å². The molecule has 2 N–H and O–H groups in total. The molecule has 0 heterocycles. The summed E-state index contributed by atoms with van der Waals surface area (Å²) in [7, 11) is 0. The highest BCUT2D eigenvalue weighted by Crippen LogP contribution is 2.20. The van der Waals surface area contributed by atoms with Gasteiger partial charge in [0.05, 0.1) is 4.92 Å². The van der Waals surface area contributed by atoms with Gasteiger partial charge in [-0.05, 0) is 26.3 Å². The lowest BCUT2D eigenvalue weighted by Gasteiger charge is -2.24. The summed E-state index contributed by atoms with van der Waals surface area (Å²) < 4.78 is 0. The fourth-order valence-electron chi connectivity index (χ4n) is 1.56. The van der Waals surface area contributed by atoms with Gasteiger partial charge >= 0.3 is 5.97 Å². The summed E-state index contributed by atoms with van der Waals surface area (Å²) in [5.74, 6) is -1.81. The Balaban J connectivity index is 3.07. The molecule has 1 amide bonds. The molecule has 0 aliphatic heterocycles. The number of carbonyl (C=O) groups is 2. The number of carboxylic acids is 1. The molecular formula is C13H16N2O5. The van der Waals surface area contributed by atoms with Crippen molar-refractivity contribution in [3.63, 3.8) is 0 Å². The van der Waals surface area contributed by atoms with Gasteiger partial charge in [-0.2, -0.15) is 0 Å². The first-order valence-corrected chi connectivity index (χ1v) is 6.02. The molecule has 0 fully saturated rings. The number of nitro groups is 1. The third-order valence-corrected chi connectivity index (χ3v) is 3.24. The Labute approximate surface area is 115 Å². The number of hydrogen-bond donors (Lipinski definition) is 2. The first-order valence-electron chi connectivity index (χ1n) is 6.02. The number of benzene rings is 1. The minimum absolute atomic E-state index is 0.0585. The zero-order valence-corrected chi connectivity index (χ0v) is 11.5. The van der Waals surface area contributed by atoms with Crippen LogP contribution < -0.4 is 5.32 Å². The summed E-state index contributed by atoms with van der Waals surface area (Å²) in [5, 5.41) is 22.3. The Morgan fingerprint density at radius 1 is 1.45 bits per heavy atom. The van der Waals surface area contributed by atoms with E-state index in [1.54, 1.807) is 13.8 Å². The standard InChI is InChI=1S/C13H16N2O5/c1-4-13(3,12(17)18)14-11(16)9-6-5-8(2)10(7-9)15(19)20/h5-7H,4H2,1-3H3,(H,14,16)(H,17,18). The maximum absolute atomic E-state index is 12.0. The Kier molecular flexibility index (Phi) is 4.44. The number of aliphatic carboxylic acids is 1. The van der Waals surface area contributed by atoms with E-state index in [2.05, 4.69) is 5.32 Å². The normalized spacial score (nSPS) is 13.3. The average Bonchev–Trinajstić information content (AvgIpc) is 2.38. The summed E-state index contributed by atoms with van der Waals surface area (Å²) in [5.41, 5.74) is -1.09. The van der Waals surface area contributed by atoms with Gasteiger partial charge in [-0.25, -0.2) is 4.79 Å². The van der Waals surface area contributed by atoms with E-state index in [1.807, 2.05) is 0 Å². The molecule has 20 heavy (non-hydrogen) atoms. The summed E-state index contributed by atoms with van der Waals surface area (Å²) in [6, 6.07) is 4.02. The van der Waals surface area contributed by atoms with Crippen LogP contribution in [0.1, 0.15) is 36.2 Å². The number of nitrogens with one attached hydrogen (secondary N) is 1. The minimum Gasteiger partial charge on any atom is -0.480 e. The molecule has 1 unspecified atom stereocenters. The van der Waals surface area contributed by atoms with Crippen molar-refractivity contribution in [3.8, 4) is 0 Å². The Bertz CT molecular complexity index is 570. The molecule has 0 aliphatic carbocycles. The molecular weight excluding hydrogens is 264 g/mol. The van der Waals surface area contributed by atoms with Crippen LogP contribution in [0.5, 0.6) is 0 Å². The van der Waals surface area contributed by atoms with Crippen LogP contribution in [0.3, 0.4) is 0 Å². The van der Waals surface area contributed by atoms with Crippen LogP contribution in [0.4, 0.5) is 5.69 Å². The van der Waals surface area contributed by atoms with Crippen LogP contribution in [0.15, 0.2) is 18.2 Å². The summed E-state index contributed by atoms with van der Waals surface area (Å²) in [6.07, 6.45) is 0.196. The molecule has 1 aromatic carbocycles. The number of amides is 1. The van der Waals surface area contributed by atoms with Crippen molar-refractivity contribution in [1.82, 2.24) is 5.32 Å². The molecule has 7 heteroatoms. The number of rotatable bonds is 5. The van der Waals surface area contributed by atoms with Gasteiger partial charge in [0.2, 0.25) is 0 Å². The Morgan fingerprint density at radius 2 is 2.05 bits per heavy atom. The molecule has 1 atom stereocenters. The van der Waals surface area contributed by atoms with Gasteiger partial charge in [0.1, 0.15) is 5.54 Å². The number of carboxylic acid groups (broad SMARTS) is 1. The highest BCUT2D eigenvalue weighted by Gasteiger charge is 2.33. The first-order chi connectivity index (χ1) is 9.21. The Morgan fingerprint density at radius 3 is 2.50 bits per heavy atom. The topological polar surface area (TPSA) is 110 Å². The number of carbonyl (C=O) groups excluding carboxylic acids is 1. The van der Waals surface area contributed by atoms with Crippen molar-refractivity contribution in [2.24, 2.45) is 0 Å². The van der Waals surface area contributed by atoms with Gasteiger partial charge < -0.3 is 10.4 Å². The van der Waals surface area contributed by atoms with E-state index in [0.29, 0.717) is 5.56 Å². The number of nitrogens with zero attached hydrogens (tertiary/aromatic N) is 1. The predicted molar refractivity (Wildman–Crippen MR) is 71.6 cm³/mol. The molecule has 1 aromatic rings. The van der Waals surface area contributed by atoms with E-state index >= 15 is 0 Å². The number of hydrogen-bond acceptors (Lipinski definition) is 4. The van der Waals surface area contributed by atoms with Crippen LogP contribution in [-0.2, 0) is 4.79 Å². The van der Waals surface area contributed by atoms with E-state index < -0.39 is 22.3 Å². The van der Waals surface area contributed by atoms with Gasteiger partial charge in [0, 0.05) is 17.2 Å². The van der Waals surface area contributed by atoms with E-state index in [-0.39, 0.29) is 17.7 Å². The summed E-state index contributed by atoms with van der Waals surface area (Å²) in [4.78, 5) is 33.4. The maximum atomic E-state index is 12.0. The highest BCUT2D eigenvalue weighted by molar-refractivity contribution is 5.98. The third-order valence-electron chi connectivity index (χ3n) is 3.24. The van der Waals surface area contributed by atoms with Gasteiger partial charge in [0.25, 0.3) is 11.6 Å². The van der Waals surface area contributed by atoms with Crippen LogP contribution in [0.2, 0.25) is 0 Å². The molecule has 0 aromatic heterocycles. The lowest BCUT2D eigenvalue weighted by atomic mass is 9.98. The second kappa shape index (κ2) is 5.68. The van der Waals surface area contributed by atoms with Crippen LogP contribution in [0.25, 0.3) is 0 Å². The van der Waals surface area contributed by atoms with Crippen LogP contribution in [0, 0.1) is 17.0 Å². The first kappa shape index (κ1) is 15.6. The van der Waals surface area contributed by atoms with E-state index in [0.717, 1.165) is 6.07 Å². The van der Waals surface area contributed by atoms with Crippen molar-refractivity contribution in [1.29, 1.82) is 0 Å². The monoisotopic (exact) mass is 280 g/mol. The van der Waals surface area contributed by atoms with E-state index in [4.69, 9.17) is 5.11 Å². The van der Waals surface area contributed by atoms with Gasteiger partial charge in [-0.15, -0.1) is 0 Å². The molecule has 1 rings (SSSR count). The zero-order valence-electron chi connectivity index (χ0n) is 11.5.